The van der Waals surface area contributed by atoms with Crippen molar-refractivity contribution in [1.82, 2.24) is 9.47 Å². The number of aromatic nitrogens is 1. The third-order valence-electron chi connectivity index (χ3n) is 9.58. The number of ketones is 3. The van der Waals surface area contributed by atoms with E-state index in [0.29, 0.717) is 37.0 Å². The maximum atomic E-state index is 14.0. The largest absolute Gasteiger partial charge is 0.388 e. The van der Waals surface area contributed by atoms with Crippen LogP contribution in [-0.2, 0) is 27.3 Å². The number of nitrogens with one attached hydrogen (secondary N) is 1. The monoisotopic (exact) mass is 533 g/mol. The summed E-state index contributed by atoms with van der Waals surface area (Å²) in [5, 5.41) is 4.10. The molecule has 2 aromatic rings. The molecule has 39 heavy (non-hydrogen) atoms. The average Bonchev–Trinajstić information content (AvgIpc) is 3.30. The maximum Gasteiger partial charge on any atom is 0.243 e. The lowest BCUT2D eigenvalue weighted by Gasteiger charge is -2.27. The maximum absolute atomic E-state index is 14.0. The highest BCUT2D eigenvalue weighted by Gasteiger charge is 2.66. The highest BCUT2D eigenvalue weighted by atomic mass is 16.2. The molecule has 1 N–H and O–H groups in total. The number of carbonyl (C=O) groups excluding carboxylic acids is 4. The van der Waals surface area contributed by atoms with E-state index in [4.69, 9.17) is 0 Å². The Morgan fingerprint density at radius 2 is 1.85 bits per heavy atom. The third kappa shape index (κ3) is 5.17. The normalized spacial score (nSPS) is 27.3. The van der Waals surface area contributed by atoms with Crippen molar-refractivity contribution < 1.29 is 19.2 Å². The van der Waals surface area contributed by atoms with E-state index in [2.05, 4.69) is 25.2 Å². The zero-order valence-electron chi connectivity index (χ0n) is 24.2. The molecule has 210 valence electrons. The van der Waals surface area contributed by atoms with E-state index in [9.17, 15) is 19.2 Å². The first-order valence-corrected chi connectivity index (χ1v) is 14.7. The van der Waals surface area contributed by atoms with Crippen LogP contribution in [0.15, 0.2) is 18.3 Å². The first kappa shape index (κ1) is 27.6. The molecule has 1 aromatic heterocycles. The van der Waals surface area contributed by atoms with Crippen LogP contribution in [0.25, 0.3) is 10.9 Å². The fourth-order valence-electron chi connectivity index (χ4n) is 7.38. The summed E-state index contributed by atoms with van der Waals surface area (Å²) < 4.78 is 1.95. The van der Waals surface area contributed by atoms with E-state index in [1.54, 1.807) is 6.92 Å². The predicted octanol–water partition coefficient (Wildman–Crippen LogP) is 5.72. The van der Waals surface area contributed by atoms with Crippen LogP contribution in [-0.4, -0.2) is 51.9 Å². The standard InChI is InChI=1S/C32H43N3O4/c1-6-27(38)26-16-32-12-10-23(37)15-31(3,4)11-8-7-9-21-13-22(33-5)14-24-25(20(2)36)18-34(30(21)24)19-29(39)35(26)28(32)17-32/h13-14,18,26,28,33H,6-12,15-17,19H2,1-5H3/t26-,28+,32-/m0/s1. The lowest BCUT2D eigenvalue weighted by Crippen LogP contribution is -2.44. The third-order valence-corrected chi connectivity index (χ3v) is 9.58. The van der Waals surface area contributed by atoms with Gasteiger partial charge in [0.25, 0.3) is 0 Å². The van der Waals surface area contributed by atoms with E-state index >= 15 is 0 Å². The number of benzene rings is 1. The molecule has 3 atom stereocenters. The Morgan fingerprint density at radius 3 is 2.54 bits per heavy atom. The van der Waals surface area contributed by atoms with Gasteiger partial charge in [-0.1, -0.05) is 27.2 Å². The molecule has 1 saturated carbocycles. The number of amides is 1. The molecular weight excluding hydrogens is 490 g/mol. The molecule has 3 aliphatic rings. The van der Waals surface area contributed by atoms with Gasteiger partial charge in [-0.3, -0.25) is 19.2 Å². The molecule has 7 heteroatoms. The molecule has 7 nitrogen and oxygen atoms in total. The van der Waals surface area contributed by atoms with E-state index in [0.717, 1.165) is 60.7 Å². The van der Waals surface area contributed by atoms with Crippen molar-refractivity contribution in [2.24, 2.45) is 10.8 Å². The number of rotatable bonds is 4. The minimum atomic E-state index is -0.420. The van der Waals surface area contributed by atoms with Gasteiger partial charge >= 0.3 is 0 Å². The number of piperidine rings is 1. The summed E-state index contributed by atoms with van der Waals surface area (Å²) in [6.07, 6.45) is 9.34. The molecule has 0 unspecified atom stereocenters. The Hall–Kier alpha value is -2.96. The second-order valence-corrected chi connectivity index (χ2v) is 13.0. The molecule has 5 rings (SSSR count). The van der Waals surface area contributed by atoms with Gasteiger partial charge in [-0.25, -0.2) is 0 Å². The van der Waals surface area contributed by atoms with Crippen LogP contribution in [0.4, 0.5) is 5.69 Å². The number of carbonyl (C=O) groups is 4. The summed E-state index contributed by atoms with van der Waals surface area (Å²) in [6.45, 7) is 7.90. The second-order valence-electron chi connectivity index (χ2n) is 13.0. The summed E-state index contributed by atoms with van der Waals surface area (Å²) >= 11 is 0. The highest BCUT2D eigenvalue weighted by molar-refractivity contribution is 6.09. The van der Waals surface area contributed by atoms with Crippen LogP contribution < -0.4 is 5.32 Å². The molecule has 3 heterocycles. The van der Waals surface area contributed by atoms with Crippen molar-refractivity contribution in [3.63, 3.8) is 0 Å². The van der Waals surface area contributed by atoms with Crippen molar-refractivity contribution in [1.29, 1.82) is 0 Å². The van der Waals surface area contributed by atoms with Gasteiger partial charge in [-0.15, -0.1) is 0 Å². The van der Waals surface area contributed by atoms with E-state index < -0.39 is 6.04 Å². The minimum absolute atomic E-state index is 0.0199. The van der Waals surface area contributed by atoms with Crippen LogP contribution in [0.1, 0.15) is 101 Å². The Bertz CT molecular complexity index is 1340. The SMILES string of the molecule is CCC(=O)[C@@H]1C[C@]23CCC(=O)CC(C)(C)CCCCc4cc(NC)cc5c(C(C)=O)cn(c45)CC(=O)N1[C@@H]2C3. The molecule has 1 saturated heterocycles. The highest BCUT2D eigenvalue weighted by Crippen LogP contribution is 2.62. The molecule has 2 bridgehead atoms. The van der Waals surface area contributed by atoms with Crippen LogP contribution in [0.3, 0.4) is 0 Å². The number of anilines is 1. The van der Waals surface area contributed by atoms with E-state index in [1.165, 1.54) is 0 Å². The summed E-state index contributed by atoms with van der Waals surface area (Å²) in [5.41, 5.74) is 3.43. The minimum Gasteiger partial charge on any atom is -0.388 e. The number of Topliss-reactive ketones (excluding diaryl/α,β-unsaturated/α-hetero) is 3. The van der Waals surface area contributed by atoms with Gasteiger partial charge in [-0.05, 0) is 74.0 Å². The number of hydrogen-bond acceptors (Lipinski definition) is 5. The molecule has 0 radical (unpaired) electrons. The van der Waals surface area contributed by atoms with E-state index in [1.807, 2.05) is 35.7 Å². The van der Waals surface area contributed by atoms with Gasteiger partial charge in [0.15, 0.2) is 11.6 Å². The van der Waals surface area contributed by atoms with Crippen LogP contribution in [0.2, 0.25) is 0 Å². The molecule has 2 aliphatic heterocycles. The molecule has 0 spiro atoms. The van der Waals surface area contributed by atoms with Gasteiger partial charge in [0.05, 0.1) is 11.6 Å². The fourth-order valence-corrected chi connectivity index (χ4v) is 7.38. The number of nitrogens with zero attached hydrogens (tertiary/aromatic N) is 2. The summed E-state index contributed by atoms with van der Waals surface area (Å²) in [6, 6.07) is 3.72. The lowest BCUT2D eigenvalue weighted by molar-refractivity contribution is -0.139. The molecular formula is C32H43N3O4. The summed E-state index contributed by atoms with van der Waals surface area (Å²) in [7, 11) is 1.88. The fraction of sp³-hybridized carbons (Fsp3) is 0.625. The van der Waals surface area contributed by atoms with Gasteiger partial charge in [0.1, 0.15) is 12.3 Å². The van der Waals surface area contributed by atoms with Crippen molar-refractivity contribution in [2.45, 2.75) is 111 Å². The second kappa shape index (κ2) is 10.2. The Morgan fingerprint density at radius 1 is 1.08 bits per heavy atom. The molecule has 1 aromatic carbocycles. The van der Waals surface area contributed by atoms with Crippen LogP contribution >= 0.6 is 0 Å². The Labute approximate surface area is 231 Å². The average molecular weight is 534 g/mol. The van der Waals surface area contributed by atoms with Crippen molar-refractivity contribution in [2.75, 3.05) is 12.4 Å². The number of aryl methyl sites for hydroxylation is 1. The van der Waals surface area contributed by atoms with Gasteiger partial charge in [0.2, 0.25) is 5.91 Å². The molecule has 1 aliphatic carbocycles. The molecule has 2 fully saturated rings. The first-order valence-electron chi connectivity index (χ1n) is 14.7. The topological polar surface area (TPSA) is 88.5 Å². The van der Waals surface area contributed by atoms with E-state index in [-0.39, 0.29) is 40.9 Å². The number of hydrogen-bond donors (Lipinski definition) is 1. The first-order chi connectivity index (χ1) is 18.5. The van der Waals surface area contributed by atoms with Gasteiger partial charge in [-0.2, -0.15) is 0 Å². The lowest BCUT2D eigenvalue weighted by atomic mass is 9.80. The van der Waals surface area contributed by atoms with Crippen LogP contribution in [0.5, 0.6) is 0 Å². The smallest absolute Gasteiger partial charge is 0.243 e. The van der Waals surface area contributed by atoms with Crippen molar-refractivity contribution >= 4 is 39.8 Å². The van der Waals surface area contributed by atoms with Gasteiger partial charge < -0.3 is 14.8 Å². The van der Waals surface area contributed by atoms with Crippen molar-refractivity contribution in [3.05, 3.63) is 29.5 Å². The quantitative estimate of drug-likeness (QED) is 0.508. The zero-order chi connectivity index (χ0) is 28.1. The van der Waals surface area contributed by atoms with Gasteiger partial charge in [0, 0.05) is 55.2 Å². The Kier molecular flexibility index (Phi) is 7.23. The molecule has 1 amide bonds. The zero-order valence-corrected chi connectivity index (χ0v) is 24.2. The predicted molar refractivity (Wildman–Crippen MR) is 153 cm³/mol. The van der Waals surface area contributed by atoms with Crippen LogP contribution in [0, 0.1) is 10.8 Å². The van der Waals surface area contributed by atoms with Crippen molar-refractivity contribution in [3.8, 4) is 0 Å². The summed E-state index contributed by atoms with van der Waals surface area (Å²) in [4.78, 5) is 54.6. The summed E-state index contributed by atoms with van der Waals surface area (Å²) in [5.74, 6) is 0.292. The Balaban J connectivity index is 1.58.